The van der Waals surface area contributed by atoms with E-state index >= 15 is 0 Å². The molecule has 0 fully saturated rings. The predicted octanol–water partition coefficient (Wildman–Crippen LogP) is 6.37. The highest BCUT2D eigenvalue weighted by Crippen LogP contribution is 2.29. The molecule has 2 aromatic carbocycles. The van der Waals surface area contributed by atoms with Gasteiger partial charge in [0.25, 0.3) is 5.56 Å². The Labute approximate surface area is 203 Å². The van der Waals surface area contributed by atoms with E-state index < -0.39 is 0 Å². The number of fused-ring (bicyclic) bond motifs is 1. The standard InChI is InChI=1S/C29H39N3O2/c1-9-31(26(33)17-20(3)18-29(6,7)8)22(5)27-30-24-13-11-10-12-23(24)28(34)32(27)25-16-19(2)14-15-21(25)4/h10-16,20,22H,9,17-18H2,1-8H3. The third-order valence-electron chi connectivity index (χ3n) is 6.39. The second kappa shape index (κ2) is 10.1. The highest BCUT2D eigenvalue weighted by atomic mass is 16.2. The summed E-state index contributed by atoms with van der Waals surface area (Å²) in [5, 5.41) is 0.576. The van der Waals surface area contributed by atoms with Crippen molar-refractivity contribution in [3.8, 4) is 5.69 Å². The molecule has 0 aliphatic carbocycles. The quantitative estimate of drug-likeness (QED) is 0.410. The van der Waals surface area contributed by atoms with Crippen molar-refractivity contribution < 1.29 is 4.79 Å². The van der Waals surface area contributed by atoms with Gasteiger partial charge in [0.1, 0.15) is 5.82 Å². The van der Waals surface area contributed by atoms with Crippen molar-refractivity contribution in [3.05, 3.63) is 69.8 Å². The highest BCUT2D eigenvalue weighted by molar-refractivity contribution is 5.79. The summed E-state index contributed by atoms with van der Waals surface area (Å²) >= 11 is 0. The molecule has 0 saturated carbocycles. The van der Waals surface area contributed by atoms with Crippen molar-refractivity contribution in [3.63, 3.8) is 0 Å². The molecule has 1 amide bonds. The summed E-state index contributed by atoms with van der Waals surface area (Å²) in [5.74, 6) is 0.970. The molecular formula is C29H39N3O2. The van der Waals surface area contributed by atoms with Crippen LogP contribution in [-0.2, 0) is 4.79 Å². The number of hydrogen-bond donors (Lipinski definition) is 0. The second-order valence-corrected chi connectivity index (χ2v) is 10.8. The second-order valence-electron chi connectivity index (χ2n) is 10.8. The maximum absolute atomic E-state index is 13.8. The van der Waals surface area contributed by atoms with Gasteiger partial charge >= 0.3 is 0 Å². The Bertz CT molecular complexity index is 1240. The first-order valence-electron chi connectivity index (χ1n) is 12.3. The minimum atomic E-state index is -0.350. The van der Waals surface area contributed by atoms with Crippen LogP contribution in [0.2, 0.25) is 0 Å². The van der Waals surface area contributed by atoms with Gasteiger partial charge in [-0.15, -0.1) is 0 Å². The Hall–Kier alpha value is -2.95. The Morgan fingerprint density at radius 3 is 2.41 bits per heavy atom. The Kier molecular flexibility index (Phi) is 7.64. The number of carbonyl (C=O) groups is 1. The molecule has 182 valence electrons. The van der Waals surface area contributed by atoms with Crippen LogP contribution in [0.1, 0.15) is 77.4 Å². The van der Waals surface area contributed by atoms with E-state index in [2.05, 4.69) is 27.7 Å². The number of amides is 1. The van der Waals surface area contributed by atoms with E-state index in [4.69, 9.17) is 4.98 Å². The van der Waals surface area contributed by atoms with Gasteiger partial charge in [-0.3, -0.25) is 14.2 Å². The summed E-state index contributed by atoms with van der Waals surface area (Å²) < 4.78 is 1.71. The number of para-hydroxylation sites is 1. The van der Waals surface area contributed by atoms with Gasteiger partial charge in [0, 0.05) is 13.0 Å². The molecular weight excluding hydrogens is 422 g/mol. The predicted molar refractivity (Wildman–Crippen MR) is 140 cm³/mol. The smallest absolute Gasteiger partial charge is 0.266 e. The minimum absolute atomic E-state index is 0.0988. The van der Waals surface area contributed by atoms with E-state index in [-0.39, 0.29) is 28.8 Å². The maximum Gasteiger partial charge on any atom is 0.266 e. The zero-order valence-corrected chi connectivity index (χ0v) is 22.0. The Morgan fingerprint density at radius 2 is 1.76 bits per heavy atom. The van der Waals surface area contributed by atoms with Crippen molar-refractivity contribution in [1.82, 2.24) is 14.5 Å². The Balaban J connectivity index is 2.12. The molecule has 5 nitrogen and oxygen atoms in total. The normalized spacial score (nSPS) is 13.6. The van der Waals surface area contributed by atoms with Crippen molar-refractivity contribution in [2.24, 2.45) is 11.3 Å². The van der Waals surface area contributed by atoms with Crippen LogP contribution in [-0.4, -0.2) is 26.9 Å². The molecule has 3 rings (SSSR count). The van der Waals surface area contributed by atoms with Gasteiger partial charge in [0.2, 0.25) is 5.91 Å². The summed E-state index contributed by atoms with van der Waals surface area (Å²) in [7, 11) is 0. The van der Waals surface area contributed by atoms with Crippen LogP contribution in [0.4, 0.5) is 0 Å². The molecule has 2 unspecified atom stereocenters. The molecule has 1 aromatic heterocycles. The third-order valence-corrected chi connectivity index (χ3v) is 6.39. The van der Waals surface area contributed by atoms with Gasteiger partial charge in [-0.05, 0) is 74.8 Å². The maximum atomic E-state index is 13.8. The summed E-state index contributed by atoms with van der Waals surface area (Å²) in [5.41, 5.74) is 3.59. The molecule has 0 aliphatic heterocycles. The lowest BCUT2D eigenvalue weighted by Crippen LogP contribution is -2.38. The zero-order valence-electron chi connectivity index (χ0n) is 22.0. The largest absolute Gasteiger partial charge is 0.333 e. The van der Waals surface area contributed by atoms with Gasteiger partial charge in [-0.1, -0.05) is 52.0 Å². The van der Waals surface area contributed by atoms with Crippen LogP contribution in [0.3, 0.4) is 0 Å². The molecule has 0 bridgehead atoms. The van der Waals surface area contributed by atoms with Gasteiger partial charge in [-0.2, -0.15) is 0 Å². The summed E-state index contributed by atoms with van der Waals surface area (Å²) in [4.78, 5) is 34.0. The van der Waals surface area contributed by atoms with Crippen LogP contribution in [0, 0.1) is 25.2 Å². The number of aromatic nitrogens is 2. The van der Waals surface area contributed by atoms with E-state index in [1.165, 1.54) is 0 Å². The Morgan fingerprint density at radius 1 is 1.09 bits per heavy atom. The lowest BCUT2D eigenvalue weighted by Gasteiger charge is -2.31. The van der Waals surface area contributed by atoms with Crippen molar-refractivity contribution in [1.29, 1.82) is 0 Å². The summed E-state index contributed by atoms with van der Waals surface area (Å²) in [6.07, 6.45) is 1.46. The molecule has 0 aliphatic rings. The van der Waals surface area contributed by atoms with Crippen molar-refractivity contribution in [2.75, 3.05) is 6.54 Å². The molecule has 1 heterocycles. The molecule has 3 aromatic rings. The number of aryl methyl sites for hydroxylation is 2. The third kappa shape index (κ3) is 5.57. The first-order valence-corrected chi connectivity index (χ1v) is 12.3. The SMILES string of the molecule is CCN(C(=O)CC(C)CC(C)(C)C)C(C)c1nc2ccccc2c(=O)n1-c1cc(C)ccc1C. The fraction of sp³-hybridized carbons (Fsp3) is 0.483. The van der Waals surface area contributed by atoms with Gasteiger partial charge < -0.3 is 4.90 Å². The van der Waals surface area contributed by atoms with Crippen LogP contribution in [0.15, 0.2) is 47.3 Å². The van der Waals surface area contributed by atoms with E-state index in [0.717, 1.165) is 23.2 Å². The average Bonchev–Trinajstić information content (AvgIpc) is 2.74. The lowest BCUT2D eigenvalue weighted by atomic mass is 9.84. The van der Waals surface area contributed by atoms with Gasteiger partial charge in [0.05, 0.1) is 22.6 Å². The average molecular weight is 462 g/mol. The van der Waals surface area contributed by atoms with Crippen LogP contribution in [0.25, 0.3) is 16.6 Å². The number of rotatable bonds is 7. The van der Waals surface area contributed by atoms with Crippen molar-refractivity contribution in [2.45, 2.75) is 74.3 Å². The first-order chi connectivity index (χ1) is 15.9. The van der Waals surface area contributed by atoms with E-state index in [1.807, 2.05) is 75.1 Å². The van der Waals surface area contributed by atoms with E-state index in [0.29, 0.717) is 29.7 Å². The summed E-state index contributed by atoms with van der Waals surface area (Å²) in [6, 6.07) is 13.2. The molecule has 0 saturated heterocycles. The van der Waals surface area contributed by atoms with Gasteiger partial charge in [0.15, 0.2) is 0 Å². The lowest BCUT2D eigenvalue weighted by molar-refractivity contribution is -0.134. The number of carbonyl (C=O) groups excluding carboxylic acids is 1. The zero-order chi connectivity index (χ0) is 25.2. The first kappa shape index (κ1) is 25.7. The fourth-order valence-corrected chi connectivity index (χ4v) is 4.96. The molecule has 5 heteroatoms. The summed E-state index contributed by atoms with van der Waals surface area (Å²) in [6.45, 7) is 17.3. The fourth-order valence-electron chi connectivity index (χ4n) is 4.96. The van der Waals surface area contributed by atoms with Crippen LogP contribution < -0.4 is 5.56 Å². The molecule has 2 atom stereocenters. The highest BCUT2D eigenvalue weighted by Gasteiger charge is 2.28. The topological polar surface area (TPSA) is 55.2 Å². The molecule has 0 N–H and O–H groups in total. The van der Waals surface area contributed by atoms with Crippen LogP contribution >= 0.6 is 0 Å². The monoisotopic (exact) mass is 461 g/mol. The number of benzene rings is 2. The van der Waals surface area contributed by atoms with Crippen molar-refractivity contribution >= 4 is 16.8 Å². The van der Waals surface area contributed by atoms with E-state index in [9.17, 15) is 9.59 Å². The molecule has 34 heavy (non-hydrogen) atoms. The van der Waals surface area contributed by atoms with Crippen LogP contribution in [0.5, 0.6) is 0 Å². The van der Waals surface area contributed by atoms with Gasteiger partial charge in [-0.25, -0.2) is 4.98 Å². The minimum Gasteiger partial charge on any atom is -0.333 e. The van der Waals surface area contributed by atoms with E-state index in [1.54, 1.807) is 4.57 Å². The number of hydrogen-bond acceptors (Lipinski definition) is 3. The molecule has 0 spiro atoms. The number of nitrogens with zero attached hydrogens (tertiary/aromatic N) is 3. The molecule has 0 radical (unpaired) electrons.